The zero-order valence-electron chi connectivity index (χ0n) is 10.2. The molecule has 0 unspecified atom stereocenters. The molecule has 1 aromatic carbocycles. The third-order valence-electron chi connectivity index (χ3n) is 2.25. The van der Waals surface area contributed by atoms with Gasteiger partial charge in [-0.15, -0.1) is 0 Å². The highest BCUT2D eigenvalue weighted by Gasteiger charge is 2.09. The first kappa shape index (κ1) is 13.4. The molecule has 0 aliphatic carbocycles. The topological polar surface area (TPSA) is 77.2 Å². The molecule has 5 nitrogen and oxygen atoms in total. The van der Waals surface area contributed by atoms with Crippen molar-refractivity contribution in [1.82, 2.24) is 4.98 Å². The first-order valence-electron chi connectivity index (χ1n) is 5.52. The van der Waals surface area contributed by atoms with Crippen LogP contribution in [-0.4, -0.2) is 10.9 Å². The Morgan fingerprint density at radius 3 is 2.84 bits per heavy atom. The van der Waals surface area contributed by atoms with Crippen LogP contribution in [0.2, 0.25) is 0 Å². The van der Waals surface area contributed by atoms with Gasteiger partial charge in [-0.05, 0) is 34.1 Å². The Bertz CT molecular complexity index is 617. The number of nitrogens with two attached hydrogens (primary N) is 1. The number of rotatable bonds is 3. The first-order valence-corrected chi connectivity index (χ1v) is 6.31. The molecule has 1 heterocycles. The fourth-order valence-corrected chi connectivity index (χ4v) is 1.83. The lowest BCUT2D eigenvalue weighted by atomic mass is 10.3. The van der Waals surface area contributed by atoms with Crippen molar-refractivity contribution in [2.45, 2.75) is 6.92 Å². The average Bonchev–Trinajstić information content (AvgIpc) is 2.34. The molecule has 0 radical (unpaired) electrons. The highest BCUT2D eigenvalue weighted by atomic mass is 79.9. The molecule has 2 rings (SSSR count). The number of amides is 1. The molecular formula is C13H12BrN3O2. The zero-order chi connectivity index (χ0) is 13.8. The SMILES string of the molecule is CC(=O)Nc1ccccc1Oc1ncc(Br)cc1N. The summed E-state index contributed by atoms with van der Waals surface area (Å²) in [5.41, 5.74) is 6.79. The number of hydrogen-bond donors (Lipinski definition) is 2. The molecular weight excluding hydrogens is 310 g/mol. The molecule has 0 fully saturated rings. The summed E-state index contributed by atoms with van der Waals surface area (Å²) in [4.78, 5) is 15.2. The molecule has 3 N–H and O–H groups in total. The molecule has 0 spiro atoms. The second kappa shape index (κ2) is 5.71. The van der Waals surface area contributed by atoms with Crippen LogP contribution < -0.4 is 15.8 Å². The number of carbonyl (C=O) groups excluding carboxylic acids is 1. The van der Waals surface area contributed by atoms with Gasteiger partial charge < -0.3 is 15.8 Å². The van der Waals surface area contributed by atoms with Gasteiger partial charge in [0.25, 0.3) is 0 Å². The molecule has 0 aliphatic heterocycles. The fourth-order valence-electron chi connectivity index (χ4n) is 1.48. The van der Waals surface area contributed by atoms with Crippen LogP contribution in [0.25, 0.3) is 0 Å². The number of nitrogens with one attached hydrogen (secondary N) is 1. The van der Waals surface area contributed by atoms with E-state index in [1.54, 1.807) is 36.5 Å². The Balaban J connectivity index is 2.30. The predicted octanol–water partition coefficient (Wildman–Crippen LogP) is 3.18. The van der Waals surface area contributed by atoms with Gasteiger partial charge in [-0.2, -0.15) is 0 Å². The fraction of sp³-hybridized carbons (Fsp3) is 0.0769. The number of nitrogens with zero attached hydrogens (tertiary/aromatic N) is 1. The van der Waals surface area contributed by atoms with Gasteiger partial charge in [-0.3, -0.25) is 4.79 Å². The van der Waals surface area contributed by atoms with Crippen molar-refractivity contribution in [3.05, 3.63) is 41.0 Å². The van der Waals surface area contributed by atoms with E-state index < -0.39 is 0 Å². The number of benzene rings is 1. The second-order valence-electron chi connectivity index (χ2n) is 3.83. The van der Waals surface area contributed by atoms with Crippen LogP contribution in [0.15, 0.2) is 41.0 Å². The van der Waals surface area contributed by atoms with Gasteiger partial charge in [0.15, 0.2) is 5.75 Å². The quantitative estimate of drug-likeness (QED) is 0.910. The summed E-state index contributed by atoms with van der Waals surface area (Å²) in [6.45, 7) is 1.43. The Hall–Kier alpha value is -2.08. The van der Waals surface area contributed by atoms with Crippen LogP contribution in [0.4, 0.5) is 11.4 Å². The van der Waals surface area contributed by atoms with Gasteiger partial charge in [0.2, 0.25) is 11.8 Å². The van der Waals surface area contributed by atoms with Gasteiger partial charge >= 0.3 is 0 Å². The molecule has 19 heavy (non-hydrogen) atoms. The Labute approximate surface area is 118 Å². The van der Waals surface area contributed by atoms with E-state index in [0.717, 1.165) is 4.47 Å². The van der Waals surface area contributed by atoms with E-state index in [4.69, 9.17) is 10.5 Å². The summed E-state index contributed by atoms with van der Waals surface area (Å²) in [7, 11) is 0. The van der Waals surface area contributed by atoms with Crippen LogP contribution >= 0.6 is 15.9 Å². The maximum Gasteiger partial charge on any atom is 0.242 e. The number of hydrogen-bond acceptors (Lipinski definition) is 4. The molecule has 98 valence electrons. The average molecular weight is 322 g/mol. The normalized spacial score (nSPS) is 10.0. The van der Waals surface area contributed by atoms with Crippen molar-refractivity contribution in [3.8, 4) is 11.6 Å². The summed E-state index contributed by atoms with van der Waals surface area (Å²) in [5, 5.41) is 2.68. The lowest BCUT2D eigenvalue weighted by Gasteiger charge is -2.11. The molecule has 0 saturated heterocycles. The van der Waals surface area contributed by atoms with Crippen molar-refractivity contribution in [1.29, 1.82) is 0 Å². The number of ether oxygens (including phenoxy) is 1. The summed E-state index contributed by atoms with van der Waals surface area (Å²) in [6, 6.07) is 8.77. The van der Waals surface area contributed by atoms with Crippen LogP contribution in [0, 0.1) is 0 Å². The van der Waals surface area contributed by atoms with Crippen LogP contribution in [0.5, 0.6) is 11.6 Å². The van der Waals surface area contributed by atoms with Gasteiger partial charge in [-0.25, -0.2) is 4.98 Å². The summed E-state index contributed by atoms with van der Waals surface area (Å²) in [6.07, 6.45) is 1.59. The minimum absolute atomic E-state index is 0.173. The van der Waals surface area contributed by atoms with E-state index in [2.05, 4.69) is 26.2 Å². The monoisotopic (exact) mass is 321 g/mol. The van der Waals surface area contributed by atoms with Crippen LogP contribution in [0.1, 0.15) is 6.92 Å². The largest absolute Gasteiger partial charge is 0.435 e. The van der Waals surface area contributed by atoms with Gasteiger partial charge in [0, 0.05) is 17.6 Å². The van der Waals surface area contributed by atoms with E-state index in [1.807, 2.05) is 0 Å². The molecule has 0 aliphatic rings. The predicted molar refractivity (Wildman–Crippen MR) is 77.2 cm³/mol. The first-order chi connectivity index (χ1) is 9.06. The Morgan fingerprint density at radius 1 is 1.42 bits per heavy atom. The maximum atomic E-state index is 11.1. The number of aromatic nitrogens is 1. The van der Waals surface area contributed by atoms with Crippen molar-refractivity contribution < 1.29 is 9.53 Å². The van der Waals surface area contributed by atoms with Gasteiger partial charge in [0.1, 0.15) is 0 Å². The van der Waals surface area contributed by atoms with E-state index in [-0.39, 0.29) is 5.91 Å². The molecule has 1 aromatic heterocycles. The third-order valence-corrected chi connectivity index (χ3v) is 2.68. The Morgan fingerprint density at radius 2 is 2.16 bits per heavy atom. The number of nitrogen functional groups attached to an aromatic ring is 1. The molecule has 0 saturated carbocycles. The highest BCUT2D eigenvalue weighted by Crippen LogP contribution is 2.31. The van der Waals surface area contributed by atoms with Crippen LogP contribution in [0.3, 0.4) is 0 Å². The van der Waals surface area contributed by atoms with E-state index in [9.17, 15) is 4.79 Å². The Kier molecular flexibility index (Phi) is 4.01. The van der Waals surface area contributed by atoms with Crippen molar-refractivity contribution in [2.24, 2.45) is 0 Å². The molecule has 0 bridgehead atoms. The minimum atomic E-state index is -0.173. The second-order valence-corrected chi connectivity index (χ2v) is 4.74. The molecule has 6 heteroatoms. The van der Waals surface area contributed by atoms with E-state index in [0.29, 0.717) is 23.0 Å². The van der Waals surface area contributed by atoms with E-state index in [1.165, 1.54) is 6.92 Å². The van der Waals surface area contributed by atoms with Gasteiger partial charge in [0.05, 0.1) is 11.4 Å². The summed E-state index contributed by atoms with van der Waals surface area (Å²) < 4.78 is 6.40. The number of pyridine rings is 1. The number of halogens is 1. The smallest absolute Gasteiger partial charge is 0.242 e. The number of para-hydroxylation sites is 2. The third kappa shape index (κ3) is 3.45. The standard InChI is InChI=1S/C13H12BrN3O2/c1-8(18)17-11-4-2-3-5-12(11)19-13-10(15)6-9(14)7-16-13/h2-7H,15H2,1H3,(H,17,18). The number of anilines is 2. The summed E-state index contributed by atoms with van der Waals surface area (Å²) >= 11 is 3.27. The van der Waals surface area contributed by atoms with Crippen molar-refractivity contribution in [3.63, 3.8) is 0 Å². The lowest BCUT2D eigenvalue weighted by molar-refractivity contribution is -0.114. The number of carbonyl (C=O) groups is 1. The van der Waals surface area contributed by atoms with E-state index >= 15 is 0 Å². The van der Waals surface area contributed by atoms with Gasteiger partial charge in [-0.1, -0.05) is 12.1 Å². The molecule has 2 aromatic rings. The summed E-state index contributed by atoms with van der Waals surface area (Å²) in [5.74, 6) is 0.605. The maximum absolute atomic E-state index is 11.1. The lowest BCUT2D eigenvalue weighted by Crippen LogP contribution is -2.07. The van der Waals surface area contributed by atoms with Crippen LogP contribution in [-0.2, 0) is 4.79 Å². The van der Waals surface area contributed by atoms with Crippen molar-refractivity contribution in [2.75, 3.05) is 11.1 Å². The van der Waals surface area contributed by atoms with Crippen molar-refractivity contribution >= 4 is 33.2 Å². The molecule has 0 atom stereocenters. The zero-order valence-corrected chi connectivity index (χ0v) is 11.8. The minimum Gasteiger partial charge on any atom is -0.435 e. The highest BCUT2D eigenvalue weighted by molar-refractivity contribution is 9.10. The molecule has 1 amide bonds.